The Hall–Kier alpha value is -0.960. The van der Waals surface area contributed by atoms with Gasteiger partial charge in [0.25, 0.3) is 0 Å². The molecule has 2 fully saturated rings. The number of hydrogen-bond acceptors (Lipinski definition) is 3. The van der Waals surface area contributed by atoms with Gasteiger partial charge in [0.05, 0.1) is 0 Å². The molecule has 104 valence electrons. The number of hydrogen-bond donors (Lipinski definition) is 1. The molecule has 0 aromatic carbocycles. The Morgan fingerprint density at radius 2 is 1.58 bits per heavy atom. The highest BCUT2D eigenvalue weighted by atomic mass is 15.0. The fraction of sp³-hybridized carbons (Fsp3) is 0.750. The Morgan fingerprint density at radius 3 is 2.16 bits per heavy atom. The first-order chi connectivity index (χ1) is 9.24. The van der Waals surface area contributed by atoms with Crippen LogP contribution in [0.1, 0.15) is 73.6 Å². The van der Waals surface area contributed by atoms with E-state index in [9.17, 15) is 0 Å². The van der Waals surface area contributed by atoms with Crippen LogP contribution in [0.4, 0.5) is 0 Å². The summed E-state index contributed by atoms with van der Waals surface area (Å²) in [5.74, 6) is 1.71. The highest BCUT2D eigenvalue weighted by molar-refractivity contribution is 5.25. The van der Waals surface area contributed by atoms with Gasteiger partial charge >= 0.3 is 0 Å². The van der Waals surface area contributed by atoms with Gasteiger partial charge < -0.3 is 5.32 Å². The molecule has 0 amide bonds. The second kappa shape index (κ2) is 5.58. The Kier molecular flexibility index (Phi) is 3.83. The van der Waals surface area contributed by atoms with Crippen LogP contribution in [0, 0.1) is 13.8 Å². The molecule has 3 rings (SSSR count). The third kappa shape index (κ3) is 3.14. The van der Waals surface area contributed by atoms with Gasteiger partial charge in [-0.25, -0.2) is 9.97 Å². The SMILES string of the molecule is Cc1nc(C2CCCCC2)nc(C)c1CNC1CC1. The molecule has 1 aromatic heterocycles. The van der Waals surface area contributed by atoms with Crippen LogP contribution in [0.25, 0.3) is 0 Å². The summed E-state index contributed by atoms with van der Waals surface area (Å²) in [5, 5.41) is 3.57. The quantitative estimate of drug-likeness (QED) is 0.900. The van der Waals surface area contributed by atoms with Gasteiger partial charge in [0, 0.05) is 35.5 Å². The Bertz CT molecular complexity index is 422. The summed E-state index contributed by atoms with van der Waals surface area (Å²) in [5.41, 5.74) is 3.67. The van der Waals surface area contributed by atoms with E-state index in [0.29, 0.717) is 5.92 Å². The highest BCUT2D eigenvalue weighted by Gasteiger charge is 2.22. The summed E-state index contributed by atoms with van der Waals surface area (Å²) in [7, 11) is 0. The topological polar surface area (TPSA) is 37.8 Å². The molecule has 2 aliphatic carbocycles. The molecular weight excluding hydrogens is 234 g/mol. The monoisotopic (exact) mass is 259 g/mol. The summed E-state index contributed by atoms with van der Waals surface area (Å²) < 4.78 is 0. The van der Waals surface area contributed by atoms with E-state index in [1.807, 2.05) is 0 Å². The molecule has 1 heterocycles. The summed E-state index contributed by atoms with van der Waals surface area (Å²) in [6.07, 6.45) is 9.29. The van der Waals surface area contributed by atoms with Crippen molar-refractivity contribution in [3.8, 4) is 0 Å². The second-order valence-electron chi connectivity index (χ2n) is 6.22. The van der Waals surface area contributed by atoms with Crippen LogP contribution < -0.4 is 5.32 Å². The van der Waals surface area contributed by atoms with Crippen LogP contribution in [-0.2, 0) is 6.54 Å². The lowest BCUT2D eigenvalue weighted by molar-refractivity contribution is 0.426. The zero-order valence-electron chi connectivity index (χ0n) is 12.2. The average Bonchev–Trinajstić information content (AvgIpc) is 3.23. The maximum absolute atomic E-state index is 4.80. The van der Waals surface area contributed by atoms with Crippen molar-refractivity contribution in [2.24, 2.45) is 0 Å². The van der Waals surface area contributed by atoms with Crippen molar-refractivity contribution >= 4 is 0 Å². The molecule has 2 aliphatic rings. The Labute approximate surface area is 116 Å². The molecule has 0 aliphatic heterocycles. The largest absolute Gasteiger partial charge is 0.310 e. The zero-order valence-corrected chi connectivity index (χ0v) is 12.2. The van der Waals surface area contributed by atoms with E-state index in [-0.39, 0.29) is 0 Å². The van der Waals surface area contributed by atoms with Gasteiger partial charge in [-0.1, -0.05) is 19.3 Å². The van der Waals surface area contributed by atoms with Crippen LogP contribution in [-0.4, -0.2) is 16.0 Å². The molecule has 0 radical (unpaired) electrons. The number of aromatic nitrogens is 2. The maximum Gasteiger partial charge on any atom is 0.131 e. The second-order valence-corrected chi connectivity index (χ2v) is 6.22. The lowest BCUT2D eigenvalue weighted by Crippen LogP contribution is -2.19. The summed E-state index contributed by atoms with van der Waals surface area (Å²) in [4.78, 5) is 9.61. The summed E-state index contributed by atoms with van der Waals surface area (Å²) >= 11 is 0. The Balaban J connectivity index is 1.75. The fourth-order valence-corrected chi connectivity index (χ4v) is 3.10. The molecule has 0 spiro atoms. The van der Waals surface area contributed by atoms with Crippen molar-refractivity contribution in [3.63, 3.8) is 0 Å². The fourth-order valence-electron chi connectivity index (χ4n) is 3.10. The smallest absolute Gasteiger partial charge is 0.131 e. The molecule has 19 heavy (non-hydrogen) atoms. The lowest BCUT2D eigenvalue weighted by Gasteiger charge is -2.21. The lowest BCUT2D eigenvalue weighted by atomic mass is 9.88. The van der Waals surface area contributed by atoms with E-state index in [2.05, 4.69) is 19.2 Å². The first kappa shape index (κ1) is 13.0. The molecule has 0 bridgehead atoms. The summed E-state index contributed by atoms with van der Waals surface area (Å²) in [6, 6.07) is 0.747. The third-order valence-electron chi connectivity index (χ3n) is 4.55. The average molecular weight is 259 g/mol. The number of nitrogens with one attached hydrogen (secondary N) is 1. The predicted octanol–water partition coefficient (Wildman–Crippen LogP) is 3.39. The van der Waals surface area contributed by atoms with E-state index in [4.69, 9.17) is 9.97 Å². The van der Waals surface area contributed by atoms with Gasteiger partial charge in [0.2, 0.25) is 0 Å². The third-order valence-corrected chi connectivity index (χ3v) is 4.55. The van der Waals surface area contributed by atoms with Crippen molar-refractivity contribution in [3.05, 3.63) is 22.8 Å². The van der Waals surface area contributed by atoms with Crippen LogP contribution >= 0.6 is 0 Å². The van der Waals surface area contributed by atoms with Crippen LogP contribution in [0.15, 0.2) is 0 Å². The van der Waals surface area contributed by atoms with Gasteiger partial charge in [-0.2, -0.15) is 0 Å². The van der Waals surface area contributed by atoms with E-state index in [1.165, 1.54) is 61.9 Å². The number of nitrogens with zero attached hydrogens (tertiary/aromatic N) is 2. The van der Waals surface area contributed by atoms with Crippen molar-refractivity contribution in [2.75, 3.05) is 0 Å². The molecule has 1 N–H and O–H groups in total. The molecule has 3 heteroatoms. The first-order valence-electron chi connectivity index (χ1n) is 7.81. The maximum atomic E-state index is 4.80. The van der Waals surface area contributed by atoms with Gasteiger partial charge in [-0.15, -0.1) is 0 Å². The van der Waals surface area contributed by atoms with Crippen LogP contribution in [0.5, 0.6) is 0 Å². The minimum atomic E-state index is 0.608. The van der Waals surface area contributed by atoms with Crippen molar-refractivity contribution in [1.29, 1.82) is 0 Å². The van der Waals surface area contributed by atoms with Gasteiger partial charge in [0.1, 0.15) is 5.82 Å². The Morgan fingerprint density at radius 1 is 0.947 bits per heavy atom. The van der Waals surface area contributed by atoms with E-state index < -0.39 is 0 Å². The van der Waals surface area contributed by atoms with Gasteiger partial charge in [-0.05, 0) is 39.5 Å². The molecule has 2 saturated carbocycles. The van der Waals surface area contributed by atoms with Crippen molar-refractivity contribution in [1.82, 2.24) is 15.3 Å². The van der Waals surface area contributed by atoms with Crippen LogP contribution in [0.2, 0.25) is 0 Å². The van der Waals surface area contributed by atoms with E-state index in [1.54, 1.807) is 0 Å². The van der Waals surface area contributed by atoms with Gasteiger partial charge in [0.15, 0.2) is 0 Å². The van der Waals surface area contributed by atoms with Crippen LogP contribution in [0.3, 0.4) is 0 Å². The minimum Gasteiger partial charge on any atom is -0.310 e. The molecule has 0 atom stereocenters. The molecular formula is C16H25N3. The van der Waals surface area contributed by atoms with E-state index >= 15 is 0 Å². The minimum absolute atomic E-state index is 0.608. The zero-order chi connectivity index (χ0) is 13.2. The summed E-state index contributed by atoms with van der Waals surface area (Å²) in [6.45, 7) is 5.23. The first-order valence-corrected chi connectivity index (χ1v) is 7.81. The molecule has 1 aromatic rings. The molecule has 0 unspecified atom stereocenters. The van der Waals surface area contributed by atoms with Crippen molar-refractivity contribution in [2.45, 2.75) is 77.3 Å². The van der Waals surface area contributed by atoms with Gasteiger partial charge in [-0.3, -0.25) is 0 Å². The standard InChI is InChI=1S/C16H25N3/c1-11-15(10-17-14-8-9-14)12(2)19-16(18-11)13-6-4-3-5-7-13/h13-14,17H,3-10H2,1-2H3. The number of aryl methyl sites for hydroxylation is 2. The predicted molar refractivity (Wildman–Crippen MR) is 77.2 cm³/mol. The normalized spacial score (nSPS) is 20.7. The molecule has 3 nitrogen and oxygen atoms in total. The molecule has 0 saturated heterocycles. The van der Waals surface area contributed by atoms with Crippen molar-refractivity contribution < 1.29 is 0 Å². The van der Waals surface area contributed by atoms with E-state index in [0.717, 1.165) is 18.4 Å². The highest BCUT2D eigenvalue weighted by Crippen LogP contribution is 2.31. The number of rotatable bonds is 4.